The summed E-state index contributed by atoms with van der Waals surface area (Å²) in [5.74, 6) is 0.727. The molecule has 1 unspecified atom stereocenters. The van der Waals surface area contributed by atoms with E-state index in [2.05, 4.69) is 40.1 Å². The minimum Gasteiger partial charge on any atom is -0.438 e. The van der Waals surface area contributed by atoms with Crippen molar-refractivity contribution in [1.29, 1.82) is 0 Å². The van der Waals surface area contributed by atoms with Gasteiger partial charge >= 0.3 is 6.09 Å². The highest BCUT2D eigenvalue weighted by Crippen LogP contribution is 2.40. The van der Waals surface area contributed by atoms with Gasteiger partial charge < -0.3 is 9.47 Å². The maximum absolute atomic E-state index is 12.4. The van der Waals surface area contributed by atoms with Crippen molar-refractivity contribution in [3.8, 4) is 0 Å². The van der Waals surface area contributed by atoms with E-state index in [1.165, 1.54) is 5.56 Å². The van der Waals surface area contributed by atoms with Gasteiger partial charge in [-0.3, -0.25) is 14.7 Å². The van der Waals surface area contributed by atoms with E-state index in [0.29, 0.717) is 0 Å². The molecule has 1 atom stereocenters. The molecule has 1 aromatic carbocycles. The molecule has 4 saturated heterocycles. The van der Waals surface area contributed by atoms with Crippen molar-refractivity contribution < 1.29 is 14.3 Å². The van der Waals surface area contributed by atoms with Gasteiger partial charge in [-0.25, -0.2) is 4.79 Å². The molecule has 0 aromatic heterocycles. The van der Waals surface area contributed by atoms with Gasteiger partial charge in [-0.1, -0.05) is 30.3 Å². The van der Waals surface area contributed by atoms with Crippen LogP contribution >= 0.6 is 0 Å². The molecule has 6 nitrogen and oxygen atoms in total. The van der Waals surface area contributed by atoms with Crippen LogP contribution in [0.25, 0.3) is 0 Å². The predicted octanol–water partition coefficient (Wildman–Crippen LogP) is 1.80. The van der Waals surface area contributed by atoms with Crippen molar-refractivity contribution in [2.45, 2.75) is 31.0 Å². The summed E-state index contributed by atoms with van der Waals surface area (Å²) in [4.78, 5) is 19.4. The number of carbonyl (C=O) groups excluding carboxylic acids is 1. The van der Waals surface area contributed by atoms with Crippen molar-refractivity contribution in [2.24, 2.45) is 5.92 Å². The molecule has 5 rings (SSSR count). The van der Waals surface area contributed by atoms with Gasteiger partial charge in [0.05, 0.1) is 6.04 Å². The molecule has 1 amide bonds. The third-order valence-electron chi connectivity index (χ3n) is 6.69. The Kier molecular flexibility index (Phi) is 4.58. The second-order valence-corrected chi connectivity index (χ2v) is 8.59. The Bertz CT molecular complexity index is 671. The van der Waals surface area contributed by atoms with E-state index < -0.39 is 0 Å². The number of hydrogen-bond acceptors (Lipinski definition) is 5. The lowest BCUT2D eigenvalue weighted by Crippen LogP contribution is -2.71. The molecule has 1 spiro atoms. The molecule has 27 heavy (non-hydrogen) atoms. The molecule has 0 saturated carbocycles. The monoisotopic (exact) mass is 371 g/mol. The molecule has 146 valence electrons. The van der Waals surface area contributed by atoms with Crippen LogP contribution in [0.4, 0.5) is 4.79 Å². The number of nitrogens with zero attached hydrogens (tertiary/aromatic N) is 3. The van der Waals surface area contributed by atoms with Crippen LogP contribution in [0.1, 0.15) is 18.4 Å². The highest BCUT2D eigenvalue weighted by molar-refractivity contribution is 5.72. The zero-order chi connectivity index (χ0) is 18.3. The average molecular weight is 371 g/mol. The average Bonchev–Trinajstić information content (AvgIpc) is 2.96. The molecule has 4 heterocycles. The first-order chi connectivity index (χ1) is 13.2. The van der Waals surface area contributed by atoms with Gasteiger partial charge in [0.2, 0.25) is 0 Å². The van der Waals surface area contributed by atoms with Crippen LogP contribution in [-0.4, -0.2) is 84.9 Å². The summed E-state index contributed by atoms with van der Waals surface area (Å²) in [6.45, 7) is 8.22. The van der Waals surface area contributed by atoms with Crippen LogP contribution in [0.5, 0.6) is 0 Å². The van der Waals surface area contributed by atoms with Crippen molar-refractivity contribution in [3.05, 3.63) is 35.9 Å². The number of rotatable bonds is 4. The molecule has 4 aliphatic rings. The summed E-state index contributed by atoms with van der Waals surface area (Å²) in [7, 11) is 0. The van der Waals surface area contributed by atoms with E-state index in [-0.39, 0.29) is 17.7 Å². The molecule has 0 N–H and O–H groups in total. The van der Waals surface area contributed by atoms with Crippen LogP contribution in [0.15, 0.2) is 30.3 Å². The SMILES string of the molecule is O=C1OC2(CN(CC3CCOCC3)C2)C2CN(Cc3ccccc3)CCN12. The summed E-state index contributed by atoms with van der Waals surface area (Å²) in [6.07, 6.45) is 2.21. The molecule has 4 aliphatic heterocycles. The van der Waals surface area contributed by atoms with Gasteiger partial charge in [0, 0.05) is 59.0 Å². The highest BCUT2D eigenvalue weighted by atomic mass is 16.6. The van der Waals surface area contributed by atoms with Crippen molar-refractivity contribution >= 4 is 6.09 Å². The van der Waals surface area contributed by atoms with E-state index in [0.717, 1.165) is 77.8 Å². The van der Waals surface area contributed by atoms with E-state index in [1.807, 2.05) is 4.90 Å². The number of piperazine rings is 1. The van der Waals surface area contributed by atoms with Crippen LogP contribution in [0.2, 0.25) is 0 Å². The van der Waals surface area contributed by atoms with Gasteiger partial charge in [-0.15, -0.1) is 0 Å². The first-order valence-corrected chi connectivity index (χ1v) is 10.3. The van der Waals surface area contributed by atoms with Gasteiger partial charge in [-0.2, -0.15) is 0 Å². The first-order valence-electron chi connectivity index (χ1n) is 10.3. The standard InChI is InChI=1S/C21H29N3O3/c25-20-24-9-8-22(12-17-4-2-1-3-5-17)14-19(24)21(27-20)15-23(16-21)13-18-6-10-26-11-7-18/h1-5,18-19H,6-16H2. The molecule has 0 radical (unpaired) electrons. The van der Waals surface area contributed by atoms with Gasteiger partial charge in [0.25, 0.3) is 0 Å². The molecule has 4 fully saturated rings. The maximum Gasteiger partial charge on any atom is 0.410 e. The smallest absolute Gasteiger partial charge is 0.410 e. The second kappa shape index (κ2) is 7.08. The summed E-state index contributed by atoms with van der Waals surface area (Å²) < 4.78 is 11.4. The predicted molar refractivity (Wildman–Crippen MR) is 101 cm³/mol. The van der Waals surface area contributed by atoms with E-state index in [9.17, 15) is 4.79 Å². The Hall–Kier alpha value is -1.63. The Balaban J connectivity index is 1.21. The van der Waals surface area contributed by atoms with E-state index >= 15 is 0 Å². The van der Waals surface area contributed by atoms with Crippen LogP contribution in [-0.2, 0) is 16.0 Å². The Morgan fingerprint density at radius 1 is 1.04 bits per heavy atom. The topological polar surface area (TPSA) is 45.2 Å². The van der Waals surface area contributed by atoms with Crippen molar-refractivity contribution in [2.75, 3.05) is 52.5 Å². The van der Waals surface area contributed by atoms with Crippen LogP contribution in [0.3, 0.4) is 0 Å². The maximum atomic E-state index is 12.4. The van der Waals surface area contributed by atoms with E-state index in [4.69, 9.17) is 9.47 Å². The second-order valence-electron chi connectivity index (χ2n) is 8.59. The minimum absolute atomic E-state index is 0.106. The number of ether oxygens (including phenoxy) is 2. The Morgan fingerprint density at radius 2 is 1.81 bits per heavy atom. The lowest BCUT2D eigenvalue weighted by molar-refractivity contribution is -0.111. The van der Waals surface area contributed by atoms with Gasteiger partial charge in [0.1, 0.15) is 0 Å². The number of likely N-dealkylation sites (tertiary alicyclic amines) is 1. The normalized spacial score (nSPS) is 28.8. The quantitative estimate of drug-likeness (QED) is 0.808. The lowest BCUT2D eigenvalue weighted by atomic mass is 9.83. The zero-order valence-electron chi connectivity index (χ0n) is 15.9. The fraction of sp³-hybridized carbons (Fsp3) is 0.667. The first kappa shape index (κ1) is 17.5. The number of hydrogen-bond donors (Lipinski definition) is 0. The number of amides is 1. The fourth-order valence-electron chi connectivity index (χ4n) is 5.20. The lowest BCUT2D eigenvalue weighted by Gasteiger charge is -2.52. The zero-order valence-corrected chi connectivity index (χ0v) is 15.9. The van der Waals surface area contributed by atoms with Crippen molar-refractivity contribution in [1.82, 2.24) is 14.7 Å². The molecule has 1 aromatic rings. The summed E-state index contributed by atoms with van der Waals surface area (Å²) in [5, 5.41) is 0. The van der Waals surface area contributed by atoms with Gasteiger partial charge in [-0.05, 0) is 24.3 Å². The summed E-state index contributed by atoms with van der Waals surface area (Å²) in [6, 6.07) is 10.8. The third-order valence-corrected chi connectivity index (χ3v) is 6.69. The largest absolute Gasteiger partial charge is 0.438 e. The molecule has 6 heteroatoms. The summed E-state index contributed by atoms with van der Waals surface area (Å²) in [5.41, 5.74) is 1.04. The third kappa shape index (κ3) is 3.35. The Morgan fingerprint density at radius 3 is 2.59 bits per heavy atom. The fourth-order valence-corrected chi connectivity index (χ4v) is 5.20. The van der Waals surface area contributed by atoms with Crippen molar-refractivity contribution in [3.63, 3.8) is 0 Å². The highest BCUT2D eigenvalue weighted by Gasteiger charge is 2.61. The van der Waals surface area contributed by atoms with Crippen LogP contribution < -0.4 is 0 Å². The van der Waals surface area contributed by atoms with Crippen LogP contribution in [0, 0.1) is 5.92 Å². The number of benzene rings is 1. The summed E-state index contributed by atoms with van der Waals surface area (Å²) >= 11 is 0. The number of fused-ring (bicyclic) bond motifs is 2. The number of carbonyl (C=O) groups is 1. The molecule has 0 bridgehead atoms. The van der Waals surface area contributed by atoms with E-state index in [1.54, 1.807) is 0 Å². The molecular weight excluding hydrogens is 342 g/mol. The minimum atomic E-state index is -0.294. The molecular formula is C21H29N3O3. The Labute approximate surface area is 161 Å². The molecule has 0 aliphatic carbocycles. The van der Waals surface area contributed by atoms with Gasteiger partial charge in [0.15, 0.2) is 5.60 Å².